The van der Waals surface area contributed by atoms with E-state index in [1.165, 1.54) is 12.8 Å². The van der Waals surface area contributed by atoms with Crippen LogP contribution in [-0.4, -0.2) is 12.6 Å². The van der Waals surface area contributed by atoms with Crippen LogP contribution in [0.1, 0.15) is 37.9 Å². The summed E-state index contributed by atoms with van der Waals surface area (Å²) in [7, 11) is 0. The van der Waals surface area contributed by atoms with Crippen LogP contribution in [0, 0.1) is 5.92 Å². The fraction of sp³-hybridized carbons (Fsp3) is 0.571. The normalized spacial score (nSPS) is 19.0. The molecule has 0 bridgehead atoms. The van der Waals surface area contributed by atoms with Gasteiger partial charge < -0.3 is 10.5 Å². The smallest absolute Gasteiger partial charge is 0.0990 e. The number of nitrogens with two attached hydrogens (primary N) is 1. The zero-order valence-electron chi connectivity index (χ0n) is 10.2. The molecule has 0 radical (unpaired) electrons. The average molecular weight is 254 g/mol. The van der Waals surface area contributed by atoms with Crippen LogP contribution < -0.4 is 5.73 Å². The highest BCUT2D eigenvalue weighted by atomic mass is 35.5. The largest absolute Gasteiger partial charge is 0.372 e. The molecule has 1 aromatic rings. The Kier molecular flexibility index (Phi) is 4.43. The van der Waals surface area contributed by atoms with Gasteiger partial charge in [0.1, 0.15) is 0 Å². The molecule has 3 heteroatoms. The highest BCUT2D eigenvalue weighted by Gasteiger charge is 2.26. The molecule has 0 heterocycles. The lowest BCUT2D eigenvalue weighted by molar-refractivity contribution is 0.0269. The summed E-state index contributed by atoms with van der Waals surface area (Å²) in [6, 6.07) is 7.83. The van der Waals surface area contributed by atoms with E-state index in [-0.39, 0.29) is 12.1 Å². The maximum absolute atomic E-state index is 6.22. The van der Waals surface area contributed by atoms with Gasteiger partial charge in [0.05, 0.1) is 12.7 Å². The van der Waals surface area contributed by atoms with E-state index in [9.17, 15) is 0 Å². The fourth-order valence-electron chi connectivity index (χ4n) is 1.89. The molecule has 17 heavy (non-hydrogen) atoms. The van der Waals surface area contributed by atoms with Crippen molar-refractivity contribution in [1.29, 1.82) is 0 Å². The standard InChI is InChI=1S/C14H20ClNO/c1-2-13(16)14(17-9-10-7-8-10)11-5-3-4-6-12(11)15/h3-6,10,13-14H,2,7-9,16H2,1H3. The molecule has 2 atom stereocenters. The van der Waals surface area contributed by atoms with Crippen molar-refractivity contribution in [3.63, 3.8) is 0 Å². The topological polar surface area (TPSA) is 35.2 Å². The van der Waals surface area contributed by atoms with Gasteiger partial charge in [-0.2, -0.15) is 0 Å². The molecule has 1 saturated carbocycles. The average Bonchev–Trinajstić information content (AvgIpc) is 3.15. The van der Waals surface area contributed by atoms with E-state index >= 15 is 0 Å². The summed E-state index contributed by atoms with van der Waals surface area (Å²) in [5.41, 5.74) is 7.16. The number of hydrogen-bond donors (Lipinski definition) is 1. The number of benzene rings is 1. The van der Waals surface area contributed by atoms with Crippen molar-refractivity contribution in [3.8, 4) is 0 Å². The molecule has 0 spiro atoms. The van der Waals surface area contributed by atoms with Crippen molar-refractivity contribution in [3.05, 3.63) is 34.9 Å². The van der Waals surface area contributed by atoms with Crippen LogP contribution in [0.15, 0.2) is 24.3 Å². The van der Waals surface area contributed by atoms with E-state index in [4.69, 9.17) is 22.1 Å². The Labute approximate surface area is 108 Å². The molecule has 94 valence electrons. The van der Waals surface area contributed by atoms with Crippen molar-refractivity contribution < 1.29 is 4.74 Å². The lowest BCUT2D eigenvalue weighted by Crippen LogP contribution is -2.30. The van der Waals surface area contributed by atoms with Gasteiger partial charge in [-0.05, 0) is 31.2 Å². The third kappa shape index (κ3) is 3.44. The molecule has 2 N–H and O–H groups in total. The number of halogens is 1. The molecule has 1 aliphatic rings. The lowest BCUT2D eigenvalue weighted by Gasteiger charge is -2.24. The Morgan fingerprint density at radius 1 is 1.41 bits per heavy atom. The first-order valence-electron chi connectivity index (χ1n) is 6.34. The summed E-state index contributed by atoms with van der Waals surface area (Å²) in [4.78, 5) is 0. The van der Waals surface area contributed by atoms with Crippen molar-refractivity contribution >= 4 is 11.6 Å². The minimum Gasteiger partial charge on any atom is -0.372 e. The highest BCUT2D eigenvalue weighted by Crippen LogP contribution is 2.34. The van der Waals surface area contributed by atoms with Crippen LogP contribution in [0.25, 0.3) is 0 Å². The molecule has 1 aliphatic carbocycles. The molecule has 2 nitrogen and oxygen atoms in total. The molecule has 0 aromatic heterocycles. The third-order valence-electron chi connectivity index (χ3n) is 3.28. The van der Waals surface area contributed by atoms with E-state index in [2.05, 4.69) is 6.92 Å². The van der Waals surface area contributed by atoms with Crippen LogP contribution in [-0.2, 0) is 4.74 Å². The maximum atomic E-state index is 6.22. The second-order valence-corrected chi connectivity index (χ2v) is 5.20. The Hall–Kier alpha value is -0.570. The first-order valence-corrected chi connectivity index (χ1v) is 6.71. The molecule has 1 aromatic carbocycles. The number of hydrogen-bond acceptors (Lipinski definition) is 2. The van der Waals surface area contributed by atoms with Gasteiger partial charge in [0.15, 0.2) is 0 Å². The first kappa shape index (κ1) is 12.9. The molecule has 0 amide bonds. The Bertz CT molecular complexity index is 365. The van der Waals surface area contributed by atoms with Gasteiger partial charge in [-0.1, -0.05) is 36.7 Å². The van der Waals surface area contributed by atoms with Crippen molar-refractivity contribution in [2.75, 3.05) is 6.61 Å². The van der Waals surface area contributed by atoms with Crippen molar-refractivity contribution in [1.82, 2.24) is 0 Å². The molecular weight excluding hydrogens is 234 g/mol. The summed E-state index contributed by atoms with van der Waals surface area (Å²) >= 11 is 6.22. The van der Waals surface area contributed by atoms with E-state index in [0.29, 0.717) is 0 Å². The quantitative estimate of drug-likeness (QED) is 0.842. The van der Waals surface area contributed by atoms with Gasteiger partial charge >= 0.3 is 0 Å². The Balaban J connectivity index is 2.10. The number of rotatable bonds is 6. The highest BCUT2D eigenvalue weighted by molar-refractivity contribution is 6.31. The zero-order chi connectivity index (χ0) is 12.3. The SMILES string of the molecule is CCC(N)C(OCC1CC1)c1ccccc1Cl. The van der Waals surface area contributed by atoms with Crippen LogP contribution in [0.4, 0.5) is 0 Å². The minimum absolute atomic E-state index is 0.00801. The van der Waals surface area contributed by atoms with Crippen molar-refractivity contribution in [2.24, 2.45) is 11.7 Å². The third-order valence-corrected chi connectivity index (χ3v) is 3.62. The van der Waals surface area contributed by atoms with Crippen LogP contribution >= 0.6 is 11.6 Å². The predicted molar refractivity (Wildman–Crippen MR) is 71.1 cm³/mol. The van der Waals surface area contributed by atoms with Gasteiger partial charge in [-0.15, -0.1) is 0 Å². The van der Waals surface area contributed by atoms with E-state index in [0.717, 1.165) is 29.5 Å². The lowest BCUT2D eigenvalue weighted by atomic mass is 10.0. The summed E-state index contributed by atoms with van der Waals surface area (Å²) < 4.78 is 5.98. The van der Waals surface area contributed by atoms with E-state index in [1.807, 2.05) is 24.3 Å². The molecular formula is C14H20ClNO. The van der Waals surface area contributed by atoms with Crippen LogP contribution in [0.3, 0.4) is 0 Å². The van der Waals surface area contributed by atoms with E-state index in [1.54, 1.807) is 0 Å². The second-order valence-electron chi connectivity index (χ2n) is 4.79. The van der Waals surface area contributed by atoms with Gasteiger partial charge in [-0.3, -0.25) is 0 Å². The zero-order valence-corrected chi connectivity index (χ0v) is 11.0. The molecule has 1 fully saturated rings. The van der Waals surface area contributed by atoms with Gasteiger partial charge in [0.25, 0.3) is 0 Å². The first-order chi connectivity index (χ1) is 8.22. The fourth-order valence-corrected chi connectivity index (χ4v) is 2.13. The van der Waals surface area contributed by atoms with Crippen molar-refractivity contribution in [2.45, 2.75) is 38.3 Å². The summed E-state index contributed by atoms with van der Waals surface area (Å²) in [6.45, 7) is 2.89. The summed E-state index contributed by atoms with van der Waals surface area (Å²) in [6.07, 6.45) is 3.39. The monoisotopic (exact) mass is 253 g/mol. The molecule has 2 unspecified atom stereocenters. The van der Waals surface area contributed by atoms with Crippen LogP contribution in [0.2, 0.25) is 5.02 Å². The maximum Gasteiger partial charge on any atom is 0.0990 e. The minimum atomic E-state index is -0.0747. The second kappa shape index (κ2) is 5.85. The Morgan fingerprint density at radius 3 is 2.71 bits per heavy atom. The van der Waals surface area contributed by atoms with Gasteiger partial charge in [-0.25, -0.2) is 0 Å². The summed E-state index contributed by atoms with van der Waals surface area (Å²) in [5, 5.41) is 0.747. The van der Waals surface area contributed by atoms with Gasteiger partial charge in [0, 0.05) is 16.6 Å². The molecule has 0 aliphatic heterocycles. The Morgan fingerprint density at radius 2 is 2.12 bits per heavy atom. The summed E-state index contributed by atoms with van der Waals surface area (Å²) in [5.74, 6) is 0.740. The van der Waals surface area contributed by atoms with Gasteiger partial charge in [0.2, 0.25) is 0 Å². The van der Waals surface area contributed by atoms with Crippen LogP contribution in [0.5, 0.6) is 0 Å². The van der Waals surface area contributed by atoms with E-state index < -0.39 is 0 Å². The molecule has 0 saturated heterocycles. The molecule has 2 rings (SSSR count). The number of ether oxygens (including phenoxy) is 1. The predicted octanol–water partition coefficient (Wildman–Crippen LogP) is 3.55.